The van der Waals surface area contributed by atoms with Crippen molar-refractivity contribution >= 4 is 22.7 Å². The van der Waals surface area contributed by atoms with Gasteiger partial charge in [-0.2, -0.15) is 5.10 Å². The SMILES string of the molecule is O=C(Cc1ccccc1F)N1CCC([C@@H]2CCCCN2C(=O)CCn2ncc3ccccc32)CC1. The maximum Gasteiger partial charge on any atom is 0.227 e. The van der Waals surface area contributed by atoms with Crippen molar-refractivity contribution in [3.8, 4) is 0 Å². The van der Waals surface area contributed by atoms with Crippen molar-refractivity contribution < 1.29 is 14.0 Å². The van der Waals surface area contributed by atoms with Crippen LogP contribution in [0, 0.1) is 11.7 Å². The topological polar surface area (TPSA) is 58.4 Å². The van der Waals surface area contributed by atoms with E-state index >= 15 is 0 Å². The van der Waals surface area contributed by atoms with Gasteiger partial charge in [-0.05, 0) is 55.7 Å². The molecule has 2 saturated heterocycles. The summed E-state index contributed by atoms with van der Waals surface area (Å²) in [5.74, 6) is 0.265. The van der Waals surface area contributed by atoms with Crippen molar-refractivity contribution in [2.75, 3.05) is 19.6 Å². The molecular formula is C28H33FN4O2. The molecule has 35 heavy (non-hydrogen) atoms. The number of aryl methyl sites for hydroxylation is 1. The van der Waals surface area contributed by atoms with E-state index in [1.165, 1.54) is 6.07 Å². The summed E-state index contributed by atoms with van der Waals surface area (Å²) in [5, 5.41) is 5.56. The lowest BCUT2D eigenvalue weighted by Gasteiger charge is -2.44. The molecule has 2 aliphatic rings. The van der Waals surface area contributed by atoms with Crippen LogP contribution in [-0.4, -0.2) is 57.1 Å². The molecule has 0 saturated carbocycles. The second kappa shape index (κ2) is 10.6. The van der Waals surface area contributed by atoms with E-state index < -0.39 is 0 Å². The highest BCUT2D eigenvalue weighted by atomic mass is 19.1. The molecule has 2 aromatic carbocycles. The number of aromatic nitrogens is 2. The van der Waals surface area contributed by atoms with E-state index in [1.54, 1.807) is 18.2 Å². The number of piperidine rings is 2. The Hall–Kier alpha value is -3.22. The van der Waals surface area contributed by atoms with E-state index in [4.69, 9.17) is 0 Å². The number of likely N-dealkylation sites (tertiary alicyclic amines) is 2. The molecule has 0 spiro atoms. The Kier molecular flexibility index (Phi) is 7.11. The Balaban J connectivity index is 1.16. The van der Waals surface area contributed by atoms with Crippen molar-refractivity contribution in [1.82, 2.24) is 19.6 Å². The van der Waals surface area contributed by atoms with Gasteiger partial charge >= 0.3 is 0 Å². The normalized spacial score (nSPS) is 19.3. The van der Waals surface area contributed by atoms with E-state index in [9.17, 15) is 14.0 Å². The van der Waals surface area contributed by atoms with Crippen molar-refractivity contribution in [1.29, 1.82) is 0 Å². The first-order valence-corrected chi connectivity index (χ1v) is 12.8. The molecule has 1 atom stereocenters. The molecule has 2 aliphatic heterocycles. The van der Waals surface area contributed by atoms with E-state index in [-0.39, 0.29) is 30.1 Å². The van der Waals surface area contributed by atoms with Crippen molar-refractivity contribution in [2.24, 2.45) is 5.92 Å². The van der Waals surface area contributed by atoms with E-state index in [2.05, 4.69) is 10.00 Å². The summed E-state index contributed by atoms with van der Waals surface area (Å²) in [4.78, 5) is 30.0. The minimum atomic E-state index is -0.324. The van der Waals surface area contributed by atoms with Gasteiger partial charge in [-0.15, -0.1) is 0 Å². The standard InChI is InChI=1S/C28H33FN4O2/c29-24-9-3-1-7-22(24)19-28(35)31-16-12-21(13-17-31)25-10-5-6-15-32(25)27(34)14-18-33-26-11-4-2-8-23(26)20-30-33/h1-4,7-9,11,20-21,25H,5-6,10,12-19H2/t25-/m0/s1. The second-order valence-corrected chi connectivity index (χ2v) is 9.81. The molecule has 0 unspecified atom stereocenters. The van der Waals surface area contributed by atoms with Crippen molar-refractivity contribution in [3.63, 3.8) is 0 Å². The number of fused-ring (bicyclic) bond motifs is 1. The Morgan fingerprint density at radius 2 is 1.69 bits per heavy atom. The average molecular weight is 477 g/mol. The molecule has 7 heteroatoms. The monoisotopic (exact) mass is 476 g/mol. The maximum absolute atomic E-state index is 14.0. The number of nitrogens with zero attached hydrogens (tertiary/aromatic N) is 4. The number of amides is 2. The Morgan fingerprint density at radius 1 is 0.914 bits per heavy atom. The number of hydrogen-bond acceptors (Lipinski definition) is 3. The van der Waals surface area contributed by atoms with Crippen LogP contribution in [-0.2, 0) is 22.6 Å². The highest BCUT2D eigenvalue weighted by Gasteiger charge is 2.35. The zero-order valence-corrected chi connectivity index (χ0v) is 20.1. The molecule has 2 amide bonds. The zero-order valence-electron chi connectivity index (χ0n) is 20.1. The molecule has 0 N–H and O–H groups in total. The van der Waals surface area contributed by atoms with E-state index in [1.807, 2.05) is 40.0 Å². The van der Waals surface area contributed by atoms with Crippen LogP contribution in [0.5, 0.6) is 0 Å². The molecule has 184 valence electrons. The van der Waals surface area contributed by atoms with Gasteiger partial charge < -0.3 is 9.80 Å². The van der Waals surface area contributed by atoms with Crippen LogP contribution < -0.4 is 0 Å². The lowest BCUT2D eigenvalue weighted by molar-refractivity contribution is -0.139. The average Bonchev–Trinajstić information content (AvgIpc) is 3.32. The third kappa shape index (κ3) is 5.24. The van der Waals surface area contributed by atoms with E-state index in [0.29, 0.717) is 37.5 Å². The molecule has 0 radical (unpaired) electrons. The van der Waals surface area contributed by atoms with Crippen LogP contribution >= 0.6 is 0 Å². The first-order chi connectivity index (χ1) is 17.1. The molecule has 3 aromatic rings. The summed E-state index contributed by atoms with van der Waals surface area (Å²) in [5.41, 5.74) is 1.51. The highest BCUT2D eigenvalue weighted by Crippen LogP contribution is 2.31. The third-order valence-electron chi connectivity index (χ3n) is 7.69. The number of rotatable bonds is 6. The second-order valence-electron chi connectivity index (χ2n) is 9.81. The maximum atomic E-state index is 14.0. The van der Waals surface area contributed by atoms with Crippen LogP contribution in [0.25, 0.3) is 10.9 Å². The molecule has 5 rings (SSSR count). The summed E-state index contributed by atoms with van der Waals surface area (Å²) in [6, 6.07) is 14.8. The van der Waals surface area contributed by atoms with Crippen LogP contribution in [0.1, 0.15) is 44.1 Å². The van der Waals surface area contributed by atoms with Crippen LogP contribution in [0.15, 0.2) is 54.7 Å². The third-order valence-corrected chi connectivity index (χ3v) is 7.69. The number of halogens is 1. The molecule has 6 nitrogen and oxygen atoms in total. The predicted molar refractivity (Wildman–Crippen MR) is 133 cm³/mol. The smallest absolute Gasteiger partial charge is 0.227 e. The lowest BCUT2D eigenvalue weighted by atomic mass is 9.83. The first kappa shape index (κ1) is 23.5. The predicted octanol–water partition coefficient (Wildman–Crippen LogP) is 4.43. The molecule has 0 bridgehead atoms. The van der Waals surface area contributed by atoms with Crippen LogP contribution in [0.2, 0.25) is 0 Å². The van der Waals surface area contributed by atoms with Crippen LogP contribution in [0.4, 0.5) is 4.39 Å². The minimum absolute atomic E-state index is 0.0171. The van der Waals surface area contributed by atoms with Crippen molar-refractivity contribution in [3.05, 3.63) is 66.1 Å². The van der Waals surface area contributed by atoms with Gasteiger partial charge in [0.2, 0.25) is 11.8 Å². The van der Waals surface area contributed by atoms with E-state index in [0.717, 1.165) is 49.6 Å². The van der Waals surface area contributed by atoms with Gasteiger partial charge in [0.1, 0.15) is 5.82 Å². The molecular weight excluding hydrogens is 443 g/mol. The van der Waals surface area contributed by atoms with Gasteiger partial charge in [0.25, 0.3) is 0 Å². The van der Waals surface area contributed by atoms with Crippen molar-refractivity contribution in [2.45, 2.75) is 57.5 Å². The lowest BCUT2D eigenvalue weighted by Crippen LogP contribution is -2.51. The fourth-order valence-electron chi connectivity index (χ4n) is 5.76. The molecule has 2 fully saturated rings. The summed E-state index contributed by atoms with van der Waals surface area (Å²) in [7, 11) is 0. The Bertz CT molecular complexity index is 1180. The molecule has 0 aliphatic carbocycles. The minimum Gasteiger partial charge on any atom is -0.342 e. The summed E-state index contributed by atoms with van der Waals surface area (Å²) in [6.07, 6.45) is 7.41. The van der Waals surface area contributed by atoms with Gasteiger partial charge in [0.05, 0.1) is 24.7 Å². The fourth-order valence-corrected chi connectivity index (χ4v) is 5.76. The number of para-hydroxylation sites is 1. The number of carbonyl (C=O) groups excluding carboxylic acids is 2. The highest BCUT2D eigenvalue weighted by molar-refractivity contribution is 5.80. The fraction of sp³-hybridized carbons (Fsp3) is 0.464. The molecule has 3 heterocycles. The quantitative estimate of drug-likeness (QED) is 0.529. The van der Waals surface area contributed by atoms with Gasteiger partial charge in [0.15, 0.2) is 0 Å². The zero-order chi connectivity index (χ0) is 24.2. The van der Waals surface area contributed by atoms with Gasteiger partial charge in [-0.1, -0.05) is 36.4 Å². The van der Waals surface area contributed by atoms with Gasteiger partial charge in [-0.25, -0.2) is 4.39 Å². The number of carbonyl (C=O) groups is 2. The van der Waals surface area contributed by atoms with Gasteiger partial charge in [-0.3, -0.25) is 14.3 Å². The molecule has 1 aromatic heterocycles. The number of benzene rings is 2. The summed E-state index contributed by atoms with van der Waals surface area (Å²) in [6.45, 7) is 2.75. The number of hydrogen-bond donors (Lipinski definition) is 0. The van der Waals surface area contributed by atoms with Crippen LogP contribution in [0.3, 0.4) is 0 Å². The van der Waals surface area contributed by atoms with Gasteiger partial charge in [0, 0.05) is 37.5 Å². The first-order valence-electron chi connectivity index (χ1n) is 12.8. The Labute approximate surface area is 205 Å². The Morgan fingerprint density at radius 3 is 2.51 bits per heavy atom. The summed E-state index contributed by atoms with van der Waals surface area (Å²) >= 11 is 0. The largest absolute Gasteiger partial charge is 0.342 e. The summed E-state index contributed by atoms with van der Waals surface area (Å²) < 4.78 is 15.9.